The number of hydrogen-bond donors (Lipinski definition) is 2. The number of nitrogens with one attached hydrogen (secondary N) is 2. The molecule has 1 atom stereocenters. The average molecular weight is 281 g/mol. The fourth-order valence-electron chi connectivity index (χ4n) is 2.40. The normalized spacial score (nSPS) is 16.8. The molecule has 5 heteroatoms. The molecular weight excluding hydrogens is 266 g/mol. The predicted molar refractivity (Wildman–Crippen MR) is 77.5 cm³/mol. The van der Waals surface area contributed by atoms with Crippen molar-refractivity contribution in [3.63, 3.8) is 0 Å². The van der Waals surface area contributed by atoms with Gasteiger partial charge < -0.3 is 10.6 Å². The number of nitrogens with zero attached hydrogens (tertiary/aromatic N) is 1. The Morgan fingerprint density at radius 1 is 1.24 bits per heavy atom. The predicted octanol–water partition coefficient (Wildman–Crippen LogP) is 1.05. The number of pyridine rings is 1. The molecule has 0 spiro atoms. The van der Waals surface area contributed by atoms with E-state index in [1.54, 1.807) is 18.5 Å². The number of benzene rings is 1. The molecule has 0 radical (unpaired) electrons. The van der Waals surface area contributed by atoms with E-state index in [9.17, 15) is 9.59 Å². The third-order valence-corrected chi connectivity index (χ3v) is 3.52. The molecule has 2 aromatic rings. The van der Waals surface area contributed by atoms with Gasteiger partial charge in [0.15, 0.2) is 0 Å². The van der Waals surface area contributed by atoms with Gasteiger partial charge in [0.25, 0.3) is 5.91 Å². The van der Waals surface area contributed by atoms with Gasteiger partial charge in [0, 0.05) is 30.9 Å². The van der Waals surface area contributed by atoms with Gasteiger partial charge in [-0.3, -0.25) is 14.6 Å². The molecular formula is C16H15N3O2. The summed E-state index contributed by atoms with van der Waals surface area (Å²) in [5.74, 6) is -0.365. The van der Waals surface area contributed by atoms with Crippen LogP contribution in [0.2, 0.25) is 0 Å². The highest BCUT2D eigenvalue weighted by atomic mass is 16.2. The van der Waals surface area contributed by atoms with Crippen LogP contribution in [0.25, 0.3) is 0 Å². The molecule has 1 aliphatic heterocycles. The van der Waals surface area contributed by atoms with Crippen molar-refractivity contribution in [1.29, 1.82) is 0 Å². The first-order chi connectivity index (χ1) is 10.2. The maximum absolute atomic E-state index is 12.2. The van der Waals surface area contributed by atoms with E-state index in [4.69, 9.17) is 0 Å². The highest BCUT2D eigenvalue weighted by Crippen LogP contribution is 2.16. The van der Waals surface area contributed by atoms with Crippen LogP contribution in [-0.4, -0.2) is 22.8 Å². The van der Waals surface area contributed by atoms with Crippen LogP contribution in [0, 0.1) is 0 Å². The van der Waals surface area contributed by atoms with Crippen LogP contribution in [0.3, 0.4) is 0 Å². The van der Waals surface area contributed by atoms with Crippen molar-refractivity contribution in [2.24, 2.45) is 0 Å². The molecule has 106 valence electrons. The van der Waals surface area contributed by atoms with Gasteiger partial charge in [-0.15, -0.1) is 0 Å². The Labute approximate surface area is 122 Å². The molecule has 1 aromatic heterocycles. The number of rotatable bonds is 3. The molecule has 2 heterocycles. The van der Waals surface area contributed by atoms with E-state index in [2.05, 4.69) is 15.6 Å². The van der Waals surface area contributed by atoms with Crippen molar-refractivity contribution in [2.75, 3.05) is 0 Å². The number of carbonyl (C=O) groups is 2. The fraction of sp³-hybridized carbons (Fsp3) is 0.188. The zero-order valence-electron chi connectivity index (χ0n) is 11.4. The quantitative estimate of drug-likeness (QED) is 0.883. The van der Waals surface area contributed by atoms with Crippen molar-refractivity contribution in [3.05, 3.63) is 65.5 Å². The Hall–Kier alpha value is -2.69. The van der Waals surface area contributed by atoms with Gasteiger partial charge in [0.2, 0.25) is 5.91 Å². The minimum atomic E-state index is -0.519. The lowest BCUT2D eigenvalue weighted by Crippen LogP contribution is -2.50. The summed E-state index contributed by atoms with van der Waals surface area (Å²) < 4.78 is 0. The number of aromatic nitrogens is 1. The maximum Gasteiger partial charge on any atom is 0.252 e. The second kappa shape index (κ2) is 5.75. The minimum absolute atomic E-state index is 0.172. The summed E-state index contributed by atoms with van der Waals surface area (Å²) in [6.45, 7) is 0.426. The summed E-state index contributed by atoms with van der Waals surface area (Å²) in [5, 5.41) is 5.58. The topological polar surface area (TPSA) is 71.1 Å². The van der Waals surface area contributed by atoms with Crippen molar-refractivity contribution in [1.82, 2.24) is 15.6 Å². The van der Waals surface area contributed by atoms with E-state index in [-0.39, 0.29) is 11.8 Å². The van der Waals surface area contributed by atoms with Crippen LogP contribution in [0.5, 0.6) is 0 Å². The maximum atomic E-state index is 12.2. The van der Waals surface area contributed by atoms with Crippen LogP contribution in [0.4, 0.5) is 0 Å². The van der Waals surface area contributed by atoms with E-state index in [1.807, 2.05) is 30.3 Å². The Bertz CT molecular complexity index is 670. The van der Waals surface area contributed by atoms with Crippen LogP contribution < -0.4 is 10.6 Å². The van der Waals surface area contributed by atoms with Gasteiger partial charge in [0.1, 0.15) is 6.04 Å². The molecule has 1 aromatic carbocycles. The molecule has 3 rings (SSSR count). The van der Waals surface area contributed by atoms with Crippen LogP contribution >= 0.6 is 0 Å². The second-order valence-electron chi connectivity index (χ2n) is 4.96. The number of amides is 2. The van der Waals surface area contributed by atoms with Crippen molar-refractivity contribution in [2.45, 2.75) is 19.0 Å². The van der Waals surface area contributed by atoms with E-state index in [1.165, 1.54) is 0 Å². The largest absolute Gasteiger partial charge is 0.350 e. The lowest BCUT2D eigenvalue weighted by Gasteiger charge is -2.24. The third kappa shape index (κ3) is 2.91. The van der Waals surface area contributed by atoms with Gasteiger partial charge in [-0.2, -0.15) is 0 Å². The highest BCUT2D eigenvalue weighted by molar-refractivity contribution is 6.00. The first-order valence-corrected chi connectivity index (χ1v) is 6.79. The summed E-state index contributed by atoms with van der Waals surface area (Å²) in [4.78, 5) is 28.1. The van der Waals surface area contributed by atoms with E-state index >= 15 is 0 Å². The lowest BCUT2D eigenvalue weighted by atomic mass is 9.95. The van der Waals surface area contributed by atoms with Crippen molar-refractivity contribution < 1.29 is 9.59 Å². The van der Waals surface area contributed by atoms with Crippen LogP contribution in [0.1, 0.15) is 21.5 Å². The van der Waals surface area contributed by atoms with Gasteiger partial charge >= 0.3 is 0 Å². The second-order valence-corrected chi connectivity index (χ2v) is 4.96. The number of fused-ring (bicyclic) bond motifs is 1. The summed E-state index contributed by atoms with van der Waals surface area (Å²) in [6.07, 6.45) is 3.88. The van der Waals surface area contributed by atoms with Crippen LogP contribution in [-0.2, 0) is 17.8 Å². The SMILES string of the molecule is O=C1NC(C(=O)NCc2ccncc2)Cc2ccccc21. The summed E-state index contributed by atoms with van der Waals surface area (Å²) in [5.41, 5.74) is 2.53. The van der Waals surface area contributed by atoms with Gasteiger partial charge in [-0.05, 0) is 29.3 Å². The Morgan fingerprint density at radius 3 is 2.81 bits per heavy atom. The van der Waals surface area contributed by atoms with Crippen molar-refractivity contribution >= 4 is 11.8 Å². The number of hydrogen-bond acceptors (Lipinski definition) is 3. The standard InChI is InChI=1S/C16H15N3O2/c20-15-13-4-2-1-3-12(13)9-14(19-15)16(21)18-10-11-5-7-17-8-6-11/h1-8,14H,9-10H2,(H,18,21)(H,19,20). The monoisotopic (exact) mass is 281 g/mol. The summed E-state index contributed by atoms with van der Waals surface area (Å²) in [7, 11) is 0. The zero-order chi connectivity index (χ0) is 14.7. The molecule has 1 unspecified atom stereocenters. The van der Waals surface area contributed by atoms with Gasteiger partial charge in [-0.1, -0.05) is 18.2 Å². The van der Waals surface area contributed by atoms with Gasteiger partial charge in [0.05, 0.1) is 0 Å². The van der Waals surface area contributed by atoms with E-state index in [0.717, 1.165) is 11.1 Å². The molecule has 0 aliphatic carbocycles. The first kappa shape index (κ1) is 13.3. The Balaban J connectivity index is 1.65. The lowest BCUT2D eigenvalue weighted by molar-refractivity contribution is -0.123. The molecule has 0 fully saturated rings. The summed E-state index contributed by atoms with van der Waals surface area (Å²) in [6, 6.07) is 10.5. The molecule has 2 N–H and O–H groups in total. The molecule has 0 saturated heterocycles. The molecule has 5 nitrogen and oxygen atoms in total. The first-order valence-electron chi connectivity index (χ1n) is 6.79. The fourth-order valence-corrected chi connectivity index (χ4v) is 2.40. The van der Waals surface area contributed by atoms with Crippen LogP contribution in [0.15, 0.2) is 48.8 Å². The number of carbonyl (C=O) groups excluding carboxylic acids is 2. The van der Waals surface area contributed by atoms with Gasteiger partial charge in [-0.25, -0.2) is 0 Å². The highest BCUT2D eigenvalue weighted by Gasteiger charge is 2.28. The average Bonchev–Trinajstić information content (AvgIpc) is 2.53. The third-order valence-electron chi connectivity index (χ3n) is 3.52. The Morgan fingerprint density at radius 2 is 2.00 bits per heavy atom. The molecule has 1 aliphatic rings. The molecule has 0 saturated carbocycles. The molecule has 2 amide bonds. The molecule has 0 bridgehead atoms. The van der Waals surface area contributed by atoms with E-state index in [0.29, 0.717) is 18.5 Å². The van der Waals surface area contributed by atoms with E-state index < -0.39 is 6.04 Å². The van der Waals surface area contributed by atoms with Crippen molar-refractivity contribution in [3.8, 4) is 0 Å². The zero-order valence-corrected chi connectivity index (χ0v) is 11.4. The Kier molecular flexibility index (Phi) is 3.64. The summed E-state index contributed by atoms with van der Waals surface area (Å²) >= 11 is 0. The molecule has 21 heavy (non-hydrogen) atoms. The smallest absolute Gasteiger partial charge is 0.252 e. The minimum Gasteiger partial charge on any atom is -0.350 e.